The van der Waals surface area contributed by atoms with Gasteiger partial charge in [0.15, 0.2) is 27.9 Å². The molecule has 1 aromatic carbocycles. The van der Waals surface area contributed by atoms with Gasteiger partial charge in [-0.05, 0) is 30.2 Å². The minimum absolute atomic E-state index is 0.0384. The fourth-order valence-corrected chi connectivity index (χ4v) is 4.13. The fourth-order valence-electron chi connectivity index (χ4n) is 2.46. The highest BCUT2D eigenvalue weighted by atomic mass is 32.2. The Labute approximate surface area is 152 Å². The maximum atomic E-state index is 11.9. The topological polar surface area (TPSA) is 108 Å². The van der Waals surface area contributed by atoms with Crippen molar-refractivity contribution < 1.29 is 32.2 Å². The number of esters is 1. The summed E-state index contributed by atoms with van der Waals surface area (Å²) >= 11 is 0. The predicted octanol–water partition coefficient (Wildman–Crippen LogP) is 0.564. The van der Waals surface area contributed by atoms with Gasteiger partial charge in [-0.15, -0.1) is 0 Å². The minimum atomic E-state index is -3.05. The Balaban J connectivity index is 1.93. The molecule has 1 fully saturated rings. The molecule has 0 radical (unpaired) electrons. The van der Waals surface area contributed by atoms with Gasteiger partial charge in [0, 0.05) is 12.1 Å². The van der Waals surface area contributed by atoms with Gasteiger partial charge in [-0.3, -0.25) is 4.79 Å². The number of amides is 1. The molecule has 26 heavy (non-hydrogen) atoms. The number of carbonyl (C=O) groups is 2. The number of sulfone groups is 1. The molecule has 1 N–H and O–H groups in total. The van der Waals surface area contributed by atoms with E-state index >= 15 is 0 Å². The van der Waals surface area contributed by atoms with Crippen molar-refractivity contribution >= 4 is 27.8 Å². The third kappa shape index (κ3) is 5.76. The summed E-state index contributed by atoms with van der Waals surface area (Å²) in [6.07, 6.45) is 3.25. The molecule has 1 aromatic rings. The van der Waals surface area contributed by atoms with Crippen LogP contribution in [-0.4, -0.2) is 58.7 Å². The molecule has 1 aliphatic rings. The van der Waals surface area contributed by atoms with Crippen molar-refractivity contribution in [3.8, 4) is 11.5 Å². The van der Waals surface area contributed by atoms with Gasteiger partial charge in [0.2, 0.25) is 0 Å². The van der Waals surface area contributed by atoms with E-state index in [0.29, 0.717) is 23.5 Å². The van der Waals surface area contributed by atoms with E-state index in [9.17, 15) is 18.0 Å². The van der Waals surface area contributed by atoms with E-state index in [1.165, 1.54) is 20.3 Å². The summed E-state index contributed by atoms with van der Waals surface area (Å²) in [7, 11) is -0.306. The van der Waals surface area contributed by atoms with Gasteiger partial charge >= 0.3 is 5.97 Å². The summed E-state index contributed by atoms with van der Waals surface area (Å²) in [6.45, 7) is -0.260. The van der Waals surface area contributed by atoms with Crippen LogP contribution in [0.15, 0.2) is 24.3 Å². The molecule has 1 aliphatic heterocycles. The zero-order chi connectivity index (χ0) is 19.2. The summed E-state index contributed by atoms with van der Waals surface area (Å²) in [5.41, 5.74) is 0.695. The third-order valence-electron chi connectivity index (χ3n) is 3.76. The maximum Gasteiger partial charge on any atom is 0.330 e. The van der Waals surface area contributed by atoms with Crippen LogP contribution in [0.1, 0.15) is 12.0 Å². The first-order valence-electron chi connectivity index (χ1n) is 7.89. The lowest BCUT2D eigenvalue weighted by Gasteiger charge is -2.13. The number of nitrogens with one attached hydrogen (secondary N) is 1. The third-order valence-corrected chi connectivity index (χ3v) is 5.52. The van der Waals surface area contributed by atoms with Crippen LogP contribution in [0, 0.1) is 0 Å². The Morgan fingerprint density at radius 1 is 1.27 bits per heavy atom. The van der Waals surface area contributed by atoms with Gasteiger partial charge in [0.1, 0.15) is 0 Å². The molecule has 9 heteroatoms. The molecular weight excluding hydrogens is 362 g/mol. The maximum absolute atomic E-state index is 11.9. The number of carbonyl (C=O) groups excluding carboxylic acids is 2. The second kappa shape index (κ2) is 8.70. The highest BCUT2D eigenvalue weighted by molar-refractivity contribution is 7.91. The Hall–Kier alpha value is -2.55. The van der Waals surface area contributed by atoms with Crippen molar-refractivity contribution in [2.45, 2.75) is 12.5 Å². The molecule has 8 nitrogen and oxygen atoms in total. The van der Waals surface area contributed by atoms with E-state index < -0.39 is 21.7 Å². The summed E-state index contributed by atoms with van der Waals surface area (Å²) in [6, 6.07) is 4.58. The van der Waals surface area contributed by atoms with Gasteiger partial charge in [-0.1, -0.05) is 6.07 Å². The molecule has 1 heterocycles. The average molecular weight is 383 g/mol. The second-order valence-electron chi connectivity index (χ2n) is 5.72. The van der Waals surface area contributed by atoms with Crippen LogP contribution in [0.5, 0.6) is 11.5 Å². The monoisotopic (exact) mass is 383 g/mol. The Morgan fingerprint density at radius 2 is 2.04 bits per heavy atom. The van der Waals surface area contributed by atoms with Gasteiger partial charge in [0.25, 0.3) is 5.91 Å². The highest BCUT2D eigenvalue weighted by Gasteiger charge is 2.28. The molecule has 1 atom stereocenters. The lowest BCUT2D eigenvalue weighted by Crippen LogP contribution is -2.38. The van der Waals surface area contributed by atoms with Gasteiger partial charge in [-0.2, -0.15) is 0 Å². The summed E-state index contributed by atoms with van der Waals surface area (Å²) in [4.78, 5) is 23.0. The van der Waals surface area contributed by atoms with Crippen LogP contribution in [0.2, 0.25) is 0 Å². The molecule has 0 aromatic heterocycles. The Kier molecular flexibility index (Phi) is 6.62. The number of hydrogen-bond acceptors (Lipinski definition) is 7. The summed E-state index contributed by atoms with van der Waals surface area (Å²) < 4.78 is 38.0. The van der Waals surface area contributed by atoms with Crippen LogP contribution >= 0.6 is 0 Å². The van der Waals surface area contributed by atoms with E-state index in [4.69, 9.17) is 9.47 Å². The quantitative estimate of drug-likeness (QED) is 0.541. The molecule has 142 valence electrons. The number of ether oxygens (including phenoxy) is 3. The molecule has 0 spiro atoms. The number of rotatable bonds is 7. The molecule has 0 unspecified atom stereocenters. The summed E-state index contributed by atoms with van der Waals surface area (Å²) in [5, 5.41) is 2.65. The smallest absolute Gasteiger partial charge is 0.330 e. The SMILES string of the molecule is COC(=O)/C=C\c1ccc(OCC(=O)N[C@@H]2CCS(=O)(=O)C2)c(OC)c1. The molecule has 0 aliphatic carbocycles. The van der Waals surface area contributed by atoms with Crippen LogP contribution in [-0.2, 0) is 24.2 Å². The van der Waals surface area contributed by atoms with Gasteiger partial charge in [0.05, 0.1) is 25.7 Å². The fraction of sp³-hybridized carbons (Fsp3) is 0.412. The van der Waals surface area contributed by atoms with Crippen molar-refractivity contribution in [3.05, 3.63) is 29.8 Å². The Morgan fingerprint density at radius 3 is 2.65 bits per heavy atom. The lowest BCUT2D eigenvalue weighted by atomic mass is 10.2. The molecule has 2 rings (SSSR count). The molecule has 1 saturated heterocycles. The zero-order valence-corrected chi connectivity index (χ0v) is 15.4. The molecule has 0 saturated carbocycles. The van der Waals surface area contributed by atoms with E-state index in [1.54, 1.807) is 24.3 Å². The van der Waals surface area contributed by atoms with Gasteiger partial charge in [-0.25, -0.2) is 13.2 Å². The van der Waals surface area contributed by atoms with Crippen molar-refractivity contribution in [1.82, 2.24) is 5.32 Å². The average Bonchev–Trinajstić information content (AvgIpc) is 2.96. The van der Waals surface area contributed by atoms with Crippen LogP contribution in [0.4, 0.5) is 0 Å². The lowest BCUT2D eigenvalue weighted by molar-refractivity contribution is -0.134. The summed E-state index contributed by atoms with van der Waals surface area (Å²) in [5.74, 6) is -0.0694. The van der Waals surface area contributed by atoms with Crippen molar-refractivity contribution in [3.63, 3.8) is 0 Å². The van der Waals surface area contributed by atoms with E-state index in [-0.39, 0.29) is 24.2 Å². The number of methoxy groups -OCH3 is 2. The van der Waals surface area contributed by atoms with E-state index in [0.717, 1.165) is 0 Å². The van der Waals surface area contributed by atoms with Crippen molar-refractivity contribution in [1.29, 1.82) is 0 Å². The zero-order valence-electron chi connectivity index (χ0n) is 14.6. The molecule has 1 amide bonds. The predicted molar refractivity (Wildman–Crippen MR) is 94.7 cm³/mol. The number of benzene rings is 1. The minimum Gasteiger partial charge on any atom is -0.493 e. The normalized spacial score (nSPS) is 18.5. The number of hydrogen-bond donors (Lipinski definition) is 1. The standard InChI is InChI=1S/C17H21NO7S/c1-23-15-9-12(4-6-17(20)24-2)3-5-14(15)25-10-16(19)18-13-7-8-26(21,22)11-13/h3-6,9,13H,7-8,10-11H2,1-2H3,(H,18,19)/b6-4-/t13-/m1/s1. The Bertz CT molecular complexity index is 801. The second-order valence-corrected chi connectivity index (χ2v) is 7.95. The first-order valence-corrected chi connectivity index (χ1v) is 9.72. The highest BCUT2D eigenvalue weighted by Crippen LogP contribution is 2.28. The van der Waals surface area contributed by atoms with Crippen LogP contribution in [0.3, 0.4) is 0 Å². The molecule has 0 bridgehead atoms. The van der Waals surface area contributed by atoms with Crippen molar-refractivity contribution in [2.24, 2.45) is 0 Å². The molecular formula is C17H21NO7S. The van der Waals surface area contributed by atoms with Gasteiger partial charge < -0.3 is 19.5 Å². The first-order chi connectivity index (χ1) is 12.3. The van der Waals surface area contributed by atoms with Crippen LogP contribution < -0.4 is 14.8 Å². The van der Waals surface area contributed by atoms with Crippen LogP contribution in [0.25, 0.3) is 6.08 Å². The largest absolute Gasteiger partial charge is 0.493 e. The van der Waals surface area contributed by atoms with E-state index in [1.807, 2.05) is 0 Å². The first kappa shape index (κ1) is 19.8. The van der Waals surface area contributed by atoms with E-state index in [2.05, 4.69) is 10.1 Å². The van der Waals surface area contributed by atoms with Crippen molar-refractivity contribution in [2.75, 3.05) is 32.3 Å².